The maximum atomic E-state index is 3.35. The van der Waals surface area contributed by atoms with E-state index >= 15 is 0 Å². The Morgan fingerprint density at radius 2 is 1.82 bits per heavy atom. The monoisotopic (exact) mass is 158 g/mol. The summed E-state index contributed by atoms with van der Waals surface area (Å²) >= 11 is 0. The Hall–Kier alpha value is -0.0800. The van der Waals surface area contributed by atoms with Crippen LogP contribution in [0, 0.1) is 11.3 Å². The van der Waals surface area contributed by atoms with Gasteiger partial charge in [-0.3, -0.25) is 0 Å². The third-order valence-electron chi connectivity index (χ3n) is 2.45. The van der Waals surface area contributed by atoms with E-state index in [-0.39, 0.29) is 0 Å². The molecule has 2 N–H and O–H groups in total. The number of rotatable bonds is 5. The molecule has 0 radical (unpaired) electrons. The zero-order valence-corrected chi connectivity index (χ0v) is 8.49. The van der Waals surface area contributed by atoms with Gasteiger partial charge in [0.2, 0.25) is 0 Å². The van der Waals surface area contributed by atoms with Crippen LogP contribution in [0.2, 0.25) is 0 Å². The van der Waals surface area contributed by atoms with Crippen LogP contribution in [-0.2, 0) is 0 Å². The lowest BCUT2D eigenvalue weighted by molar-refractivity contribution is 0.237. The lowest BCUT2D eigenvalue weighted by atomic mass is 9.81. The lowest BCUT2D eigenvalue weighted by Crippen LogP contribution is -2.37. The summed E-state index contributed by atoms with van der Waals surface area (Å²) in [5.74, 6) is 0.729. The van der Waals surface area contributed by atoms with Crippen LogP contribution in [0.1, 0.15) is 27.7 Å². The molecule has 0 heterocycles. The van der Waals surface area contributed by atoms with Gasteiger partial charge < -0.3 is 10.6 Å². The Labute approximate surface area is 70.8 Å². The van der Waals surface area contributed by atoms with Crippen molar-refractivity contribution in [3.63, 3.8) is 0 Å². The van der Waals surface area contributed by atoms with Crippen LogP contribution in [0.15, 0.2) is 0 Å². The maximum Gasteiger partial charge on any atom is 0.0451 e. The van der Waals surface area contributed by atoms with Crippen molar-refractivity contribution < 1.29 is 0 Å². The highest BCUT2D eigenvalue weighted by atomic mass is 15.0. The molecule has 0 aromatic rings. The van der Waals surface area contributed by atoms with E-state index in [1.165, 1.54) is 0 Å². The molecule has 2 nitrogen and oxygen atoms in total. The van der Waals surface area contributed by atoms with E-state index in [4.69, 9.17) is 0 Å². The van der Waals surface area contributed by atoms with E-state index in [0.29, 0.717) is 5.41 Å². The molecule has 0 saturated heterocycles. The van der Waals surface area contributed by atoms with Crippen LogP contribution < -0.4 is 10.6 Å². The lowest BCUT2D eigenvalue weighted by Gasteiger charge is -2.29. The first-order chi connectivity index (χ1) is 5.00. The summed E-state index contributed by atoms with van der Waals surface area (Å²) in [5, 5.41) is 6.41. The number of hydrogen-bond donors (Lipinski definition) is 2. The fraction of sp³-hybridized carbons (Fsp3) is 1.00. The molecule has 0 fully saturated rings. The molecule has 11 heavy (non-hydrogen) atoms. The van der Waals surface area contributed by atoms with Gasteiger partial charge in [-0.25, -0.2) is 0 Å². The highest BCUT2D eigenvalue weighted by molar-refractivity contribution is 4.74. The summed E-state index contributed by atoms with van der Waals surface area (Å²) in [6, 6.07) is 0. The van der Waals surface area contributed by atoms with Gasteiger partial charge in [0.05, 0.1) is 0 Å². The first kappa shape index (κ1) is 10.9. The topological polar surface area (TPSA) is 24.1 Å². The molecule has 0 aromatic heterocycles. The summed E-state index contributed by atoms with van der Waals surface area (Å²) in [6.07, 6.45) is 0. The van der Waals surface area contributed by atoms with Gasteiger partial charge in [-0.15, -0.1) is 0 Å². The minimum Gasteiger partial charge on any atom is -0.308 e. The third kappa shape index (κ3) is 4.38. The smallest absolute Gasteiger partial charge is 0.0451 e. The largest absolute Gasteiger partial charge is 0.308 e. The fourth-order valence-corrected chi connectivity index (χ4v) is 0.714. The van der Waals surface area contributed by atoms with Crippen LogP contribution in [0.25, 0.3) is 0 Å². The summed E-state index contributed by atoms with van der Waals surface area (Å²) in [6.45, 7) is 11.1. The van der Waals surface area contributed by atoms with Gasteiger partial charge in [0.15, 0.2) is 0 Å². The molecule has 0 bridgehead atoms. The van der Waals surface area contributed by atoms with Gasteiger partial charge >= 0.3 is 0 Å². The minimum atomic E-state index is 0.400. The van der Waals surface area contributed by atoms with E-state index in [0.717, 1.165) is 19.1 Å². The molecular formula is C9H22N2. The molecule has 0 amide bonds. The van der Waals surface area contributed by atoms with Gasteiger partial charge in [0.25, 0.3) is 0 Å². The van der Waals surface area contributed by atoms with Crippen molar-refractivity contribution in [1.29, 1.82) is 0 Å². The van der Waals surface area contributed by atoms with Crippen molar-refractivity contribution in [3.05, 3.63) is 0 Å². The highest BCUT2D eigenvalue weighted by Crippen LogP contribution is 2.24. The molecular weight excluding hydrogens is 136 g/mol. The molecule has 0 unspecified atom stereocenters. The van der Waals surface area contributed by atoms with Gasteiger partial charge in [-0.1, -0.05) is 27.7 Å². The third-order valence-corrected chi connectivity index (χ3v) is 2.45. The molecule has 0 spiro atoms. The van der Waals surface area contributed by atoms with Crippen molar-refractivity contribution in [2.45, 2.75) is 27.7 Å². The summed E-state index contributed by atoms with van der Waals surface area (Å²) in [4.78, 5) is 0. The second-order valence-corrected chi connectivity index (χ2v) is 4.10. The second kappa shape index (κ2) is 4.73. The van der Waals surface area contributed by atoms with E-state index in [2.05, 4.69) is 38.3 Å². The zero-order valence-electron chi connectivity index (χ0n) is 8.49. The first-order valence-corrected chi connectivity index (χ1v) is 4.36. The summed E-state index contributed by atoms with van der Waals surface area (Å²) < 4.78 is 0. The van der Waals surface area contributed by atoms with Gasteiger partial charge in [-0.2, -0.15) is 0 Å². The molecule has 0 aliphatic carbocycles. The van der Waals surface area contributed by atoms with Crippen LogP contribution >= 0.6 is 0 Å². The fourth-order valence-electron chi connectivity index (χ4n) is 0.714. The molecule has 0 rings (SSSR count). The van der Waals surface area contributed by atoms with E-state index in [1.807, 2.05) is 7.05 Å². The van der Waals surface area contributed by atoms with Gasteiger partial charge in [0, 0.05) is 13.2 Å². The average Bonchev–Trinajstić information content (AvgIpc) is 1.88. The Morgan fingerprint density at radius 3 is 2.18 bits per heavy atom. The first-order valence-electron chi connectivity index (χ1n) is 4.36. The Balaban J connectivity index is 3.55. The molecule has 0 aromatic carbocycles. The second-order valence-electron chi connectivity index (χ2n) is 4.10. The van der Waals surface area contributed by atoms with E-state index < -0.39 is 0 Å². The number of hydrogen-bond acceptors (Lipinski definition) is 2. The highest BCUT2D eigenvalue weighted by Gasteiger charge is 2.20. The number of nitrogens with one attached hydrogen (secondary N) is 2. The Morgan fingerprint density at radius 1 is 1.27 bits per heavy atom. The van der Waals surface area contributed by atoms with Crippen LogP contribution in [0.5, 0.6) is 0 Å². The van der Waals surface area contributed by atoms with Crippen molar-refractivity contribution in [3.8, 4) is 0 Å². The zero-order chi connectivity index (χ0) is 8.91. The Bertz CT molecular complexity index is 97.7. The van der Waals surface area contributed by atoms with Crippen molar-refractivity contribution in [2.75, 3.05) is 20.3 Å². The SMILES string of the molecule is CNCNCC(C)(C)C(C)C. The molecule has 2 heteroatoms. The normalized spacial score (nSPS) is 12.5. The molecule has 0 atom stereocenters. The van der Waals surface area contributed by atoms with Gasteiger partial charge in [-0.05, 0) is 18.4 Å². The summed E-state index contributed by atoms with van der Waals surface area (Å²) in [7, 11) is 1.95. The van der Waals surface area contributed by atoms with Gasteiger partial charge in [0.1, 0.15) is 0 Å². The predicted molar refractivity (Wildman–Crippen MR) is 50.5 cm³/mol. The standard InChI is InChI=1S/C9H22N2/c1-8(2)9(3,4)6-11-7-10-5/h8,10-11H,6-7H2,1-5H3. The minimum absolute atomic E-state index is 0.400. The molecule has 0 aliphatic heterocycles. The Kier molecular flexibility index (Phi) is 4.69. The molecule has 68 valence electrons. The maximum absolute atomic E-state index is 3.35. The average molecular weight is 158 g/mol. The summed E-state index contributed by atoms with van der Waals surface area (Å²) in [5.41, 5.74) is 0.400. The van der Waals surface area contributed by atoms with Crippen molar-refractivity contribution in [2.24, 2.45) is 11.3 Å². The van der Waals surface area contributed by atoms with E-state index in [9.17, 15) is 0 Å². The predicted octanol–water partition coefficient (Wildman–Crippen LogP) is 1.44. The van der Waals surface area contributed by atoms with Crippen LogP contribution in [-0.4, -0.2) is 20.3 Å². The van der Waals surface area contributed by atoms with E-state index in [1.54, 1.807) is 0 Å². The molecule has 0 aliphatic rings. The van der Waals surface area contributed by atoms with Crippen LogP contribution in [0.4, 0.5) is 0 Å². The van der Waals surface area contributed by atoms with Crippen LogP contribution in [0.3, 0.4) is 0 Å². The van der Waals surface area contributed by atoms with Crippen molar-refractivity contribution in [1.82, 2.24) is 10.6 Å². The quantitative estimate of drug-likeness (QED) is 0.467. The van der Waals surface area contributed by atoms with Crippen molar-refractivity contribution >= 4 is 0 Å². The molecule has 0 saturated carbocycles.